The van der Waals surface area contributed by atoms with E-state index in [-0.39, 0.29) is 5.41 Å². The molecular formula is C22H26ClNO2. The molecule has 5 rings (SSSR count). The lowest BCUT2D eigenvalue weighted by Crippen LogP contribution is -2.44. The molecule has 26 heavy (non-hydrogen) atoms. The standard InChI is InChI=1S/C22H26ClNO2/c1-3-4-12-9-18(25)22(2)8-7-13-14(19(12)22)5-6-15-16(13)10-17-21(20(15)23)26-11-24-17/h10-14,19H,3-9H2,1-2H3. The van der Waals surface area contributed by atoms with Gasteiger partial charge in [0.1, 0.15) is 11.3 Å². The topological polar surface area (TPSA) is 43.1 Å². The van der Waals surface area contributed by atoms with Crippen LogP contribution < -0.4 is 0 Å². The van der Waals surface area contributed by atoms with Crippen LogP contribution in [0.1, 0.15) is 69.4 Å². The van der Waals surface area contributed by atoms with Crippen molar-refractivity contribution in [1.82, 2.24) is 4.98 Å². The van der Waals surface area contributed by atoms with E-state index in [0.717, 1.165) is 48.2 Å². The zero-order chi connectivity index (χ0) is 18.1. The number of Topliss-reactive ketones (excluding diaryl/α,β-unsaturated/α-hetero) is 1. The fourth-order valence-corrected chi connectivity index (χ4v) is 7.03. The van der Waals surface area contributed by atoms with Crippen molar-refractivity contribution in [2.45, 2.75) is 64.7 Å². The molecule has 1 aromatic carbocycles. The molecule has 0 bridgehead atoms. The summed E-state index contributed by atoms with van der Waals surface area (Å²) in [6, 6.07) is 2.21. The Morgan fingerprint density at radius 2 is 2.23 bits per heavy atom. The quantitative estimate of drug-likeness (QED) is 0.656. The molecule has 5 atom stereocenters. The normalized spacial score (nSPS) is 36.0. The maximum Gasteiger partial charge on any atom is 0.182 e. The molecule has 2 saturated carbocycles. The maximum absolute atomic E-state index is 12.9. The van der Waals surface area contributed by atoms with Crippen LogP contribution >= 0.6 is 11.6 Å². The summed E-state index contributed by atoms with van der Waals surface area (Å²) >= 11 is 6.68. The Bertz CT molecular complexity index is 888. The van der Waals surface area contributed by atoms with Crippen molar-refractivity contribution in [3.8, 4) is 0 Å². The first-order valence-electron chi connectivity index (χ1n) is 10.1. The van der Waals surface area contributed by atoms with Gasteiger partial charge in [0, 0.05) is 11.8 Å². The first-order valence-corrected chi connectivity index (χ1v) is 10.5. The van der Waals surface area contributed by atoms with Crippen LogP contribution in [-0.4, -0.2) is 10.8 Å². The van der Waals surface area contributed by atoms with Crippen molar-refractivity contribution in [3.05, 3.63) is 28.6 Å². The molecule has 0 saturated heterocycles. The molecule has 0 radical (unpaired) electrons. The lowest BCUT2D eigenvalue weighted by molar-refractivity contribution is -0.129. The smallest absolute Gasteiger partial charge is 0.182 e. The predicted octanol–water partition coefficient (Wildman–Crippen LogP) is 5.93. The summed E-state index contributed by atoms with van der Waals surface area (Å²) in [7, 11) is 0. The molecule has 5 unspecified atom stereocenters. The highest BCUT2D eigenvalue weighted by molar-refractivity contribution is 6.35. The largest absolute Gasteiger partial charge is 0.442 e. The average molecular weight is 372 g/mol. The number of fused-ring (bicyclic) bond motifs is 6. The number of carbonyl (C=O) groups excluding carboxylic acids is 1. The Balaban J connectivity index is 1.60. The lowest BCUT2D eigenvalue weighted by Gasteiger charge is -2.50. The number of benzene rings is 1. The van der Waals surface area contributed by atoms with E-state index in [9.17, 15) is 4.79 Å². The zero-order valence-electron chi connectivity index (χ0n) is 15.6. The fraction of sp³-hybridized carbons (Fsp3) is 0.636. The Kier molecular flexibility index (Phi) is 3.76. The highest BCUT2D eigenvalue weighted by atomic mass is 35.5. The van der Waals surface area contributed by atoms with Crippen LogP contribution in [-0.2, 0) is 11.2 Å². The molecule has 0 spiro atoms. The van der Waals surface area contributed by atoms with Gasteiger partial charge in [-0.05, 0) is 73.0 Å². The molecule has 2 fully saturated rings. The van der Waals surface area contributed by atoms with Crippen LogP contribution in [0.25, 0.3) is 11.1 Å². The predicted molar refractivity (Wildman–Crippen MR) is 102 cm³/mol. The van der Waals surface area contributed by atoms with Crippen LogP contribution in [0.4, 0.5) is 0 Å². The third-order valence-electron chi connectivity index (χ3n) is 7.77. The molecule has 0 N–H and O–H groups in total. The van der Waals surface area contributed by atoms with Gasteiger partial charge in [-0.3, -0.25) is 4.79 Å². The molecular weight excluding hydrogens is 346 g/mol. The highest BCUT2D eigenvalue weighted by Crippen LogP contribution is 2.62. The van der Waals surface area contributed by atoms with Crippen LogP contribution in [0.3, 0.4) is 0 Å². The van der Waals surface area contributed by atoms with Crippen molar-refractivity contribution in [3.63, 3.8) is 0 Å². The molecule has 3 nitrogen and oxygen atoms in total. The van der Waals surface area contributed by atoms with E-state index in [1.807, 2.05) is 0 Å². The van der Waals surface area contributed by atoms with Crippen LogP contribution in [0.5, 0.6) is 0 Å². The number of oxazole rings is 1. The second-order valence-electron chi connectivity index (χ2n) is 8.93. The second-order valence-corrected chi connectivity index (χ2v) is 9.30. The Hall–Kier alpha value is -1.35. The lowest BCUT2D eigenvalue weighted by atomic mass is 9.54. The first-order chi connectivity index (χ1) is 12.5. The number of carbonyl (C=O) groups is 1. The third-order valence-corrected chi connectivity index (χ3v) is 8.17. The SMILES string of the molecule is CCCC1CC(=O)C2(C)CCC3c4cc5ncoc5c(Cl)c4CCC3C12. The van der Waals surface area contributed by atoms with E-state index in [4.69, 9.17) is 16.0 Å². The Morgan fingerprint density at radius 3 is 3.04 bits per heavy atom. The minimum absolute atomic E-state index is 0.0969. The van der Waals surface area contributed by atoms with Gasteiger partial charge in [0.05, 0.1) is 5.02 Å². The summed E-state index contributed by atoms with van der Waals surface area (Å²) in [5.41, 5.74) is 4.14. The third kappa shape index (κ3) is 2.13. The van der Waals surface area contributed by atoms with Crippen LogP contribution in [0.2, 0.25) is 5.02 Å². The van der Waals surface area contributed by atoms with Gasteiger partial charge >= 0.3 is 0 Å². The molecule has 138 valence electrons. The van der Waals surface area contributed by atoms with Gasteiger partial charge in [0.2, 0.25) is 0 Å². The van der Waals surface area contributed by atoms with Crippen molar-refractivity contribution in [2.75, 3.05) is 0 Å². The summed E-state index contributed by atoms with van der Waals surface area (Å²) in [6.07, 6.45) is 8.89. The number of halogens is 1. The van der Waals surface area contributed by atoms with E-state index in [0.29, 0.717) is 29.5 Å². The van der Waals surface area contributed by atoms with Crippen molar-refractivity contribution >= 4 is 28.5 Å². The summed E-state index contributed by atoms with van der Waals surface area (Å²) in [6.45, 7) is 4.51. The number of aromatic nitrogens is 1. The van der Waals surface area contributed by atoms with E-state index in [2.05, 4.69) is 24.9 Å². The van der Waals surface area contributed by atoms with Crippen LogP contribution in [0.15, 0.2) is 16.9 Å². The molecule has 1 heterocycles. The molecule has 0 aliphatic heterocycles. The first kappa shape index (κ1) is 16.8. The monoisotopic (exact) mass is 371 g/mol. The minimum Gasteiger partial charge on any atom is -0.442 e. The highest BCUT2D eigenvalue weighted by Gasteiger charge is 2.58. The van der Waals surface area contributed by atoms with E-state index < -0.39 is 0 Å². The van der Waals surface area contributed by atoms with Crippen molar-refractivity contribution in [1.29, 1.82) is 0 Å². The number of ketones is 1. The number of rotatable bonds is 2. The van der Waals surface area contributed by atoms with Gasteiger partial charge in [0.15, 0.2) is 12.0 Å². The van der Waals surface area contributed by atoms with Crippen molar-refractivity contribution < 1.29 is 9.21 Å². The molecule has 4 heteroatoms. The molecule has 0 amide bonds. The number of nitrogens with zero attached hydrogens (tertiary/aromatic N) is 1. The summed E-state index contributed by atoms with van der Waals surface area (Å²) < 4.78 is 5.51. The van der Waals surface area contributed by atoms with Gasteiger partial charge in [-0.1, -0.05) is 31.9 Å². The van der Waals surface area contributed by atoms with Crippen LogP contribution in [0, 0.1) is 23.2 Å². The number of hydrogen-bond donors (Lipinski definition) is 0. The summed E-state index contributed by atoms with van der Waals surface area (Å²) in [5, 5.41) is 0.759. The fourth-order valence-electron chi connectivity index (χ4n) is 6.69. The van der Waals surface area contributed by atoms with Gasteiger partial charge in [-0.2, -0.15) is 0 Å². The maximum atomic E-state index is 12.9. The van der Waals surface area contributed by atoms with Gasteiger partial charge in [-0.15, -0.1) is 0 Å². The zero-order valence-corrected chi connectivity index (χ0v) is 16.3. The molecule has 2 aromatic rings. The number of hydrogen-bond acceptors (Lipinski definition) is 3. The van der Waals surface area contributed by atoms with Gasteiger partial charge in [0.25, 0.3) is 0 Å². The van der Waals surface area contributed by atoms with Crippen molar-refractivity contribution in [2.24, 2.45) is 23.2 Å². The van der Waals surface area contributed by atoms with E-state index >= 15 is 0 Å². The molecule has 1 aromatic heterocycles. The van der Waals surface area contributed by atoms with E-state index in [1.165, 1.54) is 30.4 Å². The van der Waals surface area contributed by atoms with E-state index in [1.54, 1.807) is 0 Å². The minimum atomic E-state index is -0.0969. The van der Waals surface area contributed by atoms with Gasteiger partial charge < -0.3 is 4.42 Å². The van der Waals surface area contributed by atoms with Gasteiger partial charge in [-0.25, -0.2) is 4.98 Å². The Labute approximate surface area is 159 Å². The molecule has 3 aliphatic rings. The second kappa shape index (κ2) is 5.82. The average Bonchev–Trinajstić information content (AvgIpc) is 3.18. The molecule has 3 aliphatic carbocycles. The Morgan fingerprint density at radius 1 is 1.38 bits per heavy atom. The summed E-state index contributed by atoms with van der Waals surface area (Å²) in [5.74, 6) is 2.74. The summed E-state index contributed by atoms with van der Waals surface area (Å²) in [4.78, 5) is 17.2.